The molecule has 4 rings (SSSR count). The molecular formula is C16H19N3O3. The zero-order valence-corrected chi connectivity index (χ0v) is 12.3. The number of imidazole rings is 1. The van der Waals surface area contributed by atoms with E-state index in [1.165, 1.54) is 0 Å². The first-order chi connectivity index (χ1) is 10.7. The van der Waals surface area contributed by atoms with Crippen LogP contribution in [-0.4, -0.2) is 40.3 Å². The van der Waals surface area contributed by atoms with Gasteiger partial charge in [-0.25, -0.2) is 4.98 Å². The maximum atomic E-state index is 12.3. The molecule has 22 heavy (non-hydrogen) atoms. The Bertz CT molecular complexity index is 648. The molecule has 2 aromatic rings. The van der Waals surface area contributed by atoms with E-state index in [1.54, 1.807) is 6.20 Å². The molecule has 0 unspecified atom stereocenters. The Kier molecular flexibility index (Phi) is 3.35. The van der Waals surface area contributed by atoms with E-state index >= 15 is 0 Å². The molecule has 6 nitrogen and oxygen atoms in total. The molecule has 116 valence electrons. The number of hydrogen-bond donors (Lipinski definition) is 1. The van der Waals surface area contributed by atoms with E-state index in [0.29, 0.717) is 18.9 Å². The topological polar surface area (TPSA) is 64.9 Å². The van der Waals surface area contributed by atoms with Crippen LogP contribution in [0.15, 0.2) is 30.6 Å². The van der Waals surface area contributed by atoms with Crippen molar-refractivity contribution in [1.29, 1.82) is 0 Å². The van der Waals surface area contributed by atoms with Gasteiger partial charge in [0.05, 0.1) is 13.2 Å². The highest BCUT2D eigenvalue weighted by atomic mass is 16.7. The van der Waals surface area contributed by atoms with Gasteiger partial charge in [-0.15, -0.1) is 0 Å². The number of hydrogen-bond acceptors (Lipinski definition) is 4. The molecule has 2 fully saturated rings. The highest BCUT2D eigenvalue weighted by Crippen LogP contribution is 2.35. The summed E-state index contributed by atoms with van der Waals surface area (Å²) in [5.74, 6) is -0.498. The van der Waals surface area contributed by atoms with Crippen molar-refractivity contribution in [2.45, 2.75) is 37.5 Å². The largest absolute Gasteiger partial charge is 0.348 e. The molecule has 1 N–H and O–H groups in total. The molecule has 1 saturated carbocycles. The Morgan fingerprint density at radius 1 is 1.27 bits per heavy atom. The van der Waals surface area contributed by atoms with Crippen LogP contribution in [0, 0.1) is 0 Å². The lowest BCUT2D eigenvalue weighted by Crippen LogP contribution is -2.44. The van der Waals surface area contributed by atoms with Crippen molar-refractivity contribution in [3.05, 3.63) is 36.3 Å². The van der Waals surface area contributed by atoms with E-state index in [2.05, 4.69) is 10.3 Å². The normalized spacial score (nSPS) is 21.5. The number of pyridine rings is 1. The predicted molar refractivity (Wildman–Crippen MR) is 79.5 cm³/mol. The lowest BCUT2D eigenvalue weighted by Gasteiger charge is -2.35. The molecule has 3 heterocycles. The summed E-state index contributed by atoms with van der Waals surface area (Å²) in [6.07, 6.45) is 7.07. The summed E-state index contributed by atoms with van der Waals surface area (Å²) in [6.45, 7) is 1.36. The van der Waals surface area contributed by atoms with Crippen LogP contribution in [0.2, 0.25) is 0 Å². The summed E-state index contributed by atoms with van der Waals surface area (Å²) < 4.78 is 13.3. The highest BCUT2D eigenvalue weighted by molar-refractivity contribution is 5.93. The number of amides is 1. The smallest absolute Gasteiger partial charge is 0.271 e. The minimum absolute atomic E-state index is 0.113. The Morgan fingerprint density at radius 2 is 2.05 bits per heavy atom. The van der Waals surface area contributed by atoms with Crippen molar-refractivity contribution in [3.63, 3.8) is 0 Å². The molecule has 1 aliphatic carbocycles. The minimum atomic E-state index is -0.385. The first-order valence-electron chi connectivity index (χ1n) is 7.77. The minimum Gasteiger partial charge on any atom is -0.348 e. The van der Waals surface area contributed by atoms with E-state index in [1.807, 2.05) is 28.8 Å². The quantitative estimate of drug-likeness (QED) is 0.918. The first kappa shape index (κ1) is 13.7. The summed E-state index contributed by atoms with van der Waals surface area (Å²) >= 11 is 0. The summed E-state index contributed by atoms with van der Waals surface area (Å²) in [6, 6.07) is 5.87. The average molecular weight is 301 g/mol. The maximum absolute atomic E-state index is 12.3. The van der Waals surface area contributed by atoms with E-state index in [0.717, 1.165) is 31.3 Å². The van der Waals surface area contributed by atoms with Crippen molar-refractivity contribution in [2.75, 3.05) is 13.2 Å². The fourth-order valence-corrected chi connectivity index (χ4v) is 3.29. The van der Waals surface area contributed by atoms with Gasteiger partial charge in [-0.05, 0) is 25.0 Å². The Morgan fingerprint density at radius 3 is 2.77 bits per heavy atom. The van der Waals surface area contributed by atoms with E-state index in [9.17, 15) is 4.79 Å². The molecule has 0 radical (unpaired) electrons. The van der Waals surface area contributed by atoms with Crippen LogP contribution in [0.1, 0.15) is 36.2 Å². The highest BCUT2D eigenvalue weighted by Gasteiger charge is 2.40. The van der Waals surface area contributed by atoms with E-state index in [4.69, 9.17) is 9.47 Å². The van der Waals surface area contributed by atoms with Gasteiger partial charge >= 0.3 is 0 Å². The maximum Gasteiger partial charge on any atom is 0.271 e. The number of carbonyl (C=O) groups excluding carboxylic acids is 1. The van der Waals surface area contributed by atoms with Crippen LogP contribution in [-0.2, 0) is 9.47 Å². The standard InChI is InChI=1S/C16H19N3O3/c20-15(13-11-19-8-2-1-3-14(19)18-13)17-12-4-6-16(7-5-12)21-9-10-22-16/h1-3,8,11-12H,4-7,9-10H2,(H,17,20). The van der Waals surface area contributed by atoms with Gasteiger partial charge in [-0.2, -0.15) is 0 Å². The van der Waals surface area contributed by atoms with Gasteiger partial charge in [0, 0.05) is 31.3 Å². The SMILES string of the molecule is O=C(NC1CCC2(CC1)OCCO2)c1cn2ccccc2n1. The second-order valence-electron chi connectivity index (χ2n) is 5.95. The predicted octanol–water partition coefficient (Wildman–Crippen LogP) is 1.75. The fourth-order valence-electron chi connectivity index (χ4n) is 3.29. The number of fused-ring (bicyclic) bond motifs is 1. The van der Waals surface area contributed by atoms with Crippen molar-refractivity contribution < 1.29 is 14.3 Å². The Balaban J connectivity index is 1.40. The van der Waals surface area contributed by atoms with E-state index < -0.39 is 0 Å². The van der Waals surface area contributed by atoms with Gasteiger partial charge in [0.2, 0.25) is 0 Å². The molecule has 1 aliphatic heterocycles. The molecule has 0 atom stereocenters. The monoisotopic (exact) mass is 301 g/mol. The van der Waals surface area contributed by atoms with Crippen molar-refractivity contribution >= 4 is 11.6 Å². The fraction of sp³-hybridized carbons (Fsp3) is 0.500. The molecular weight excluding hydrogens is 282 g/mol. The van der Waals surface area contributed by atoms with Crippen molar-refractivity contribution in [3.8, 4) is 0 Å². The third-order valence-corrected chi connectivity index (χ3v) is 4.49. The lowest BCUT2D eigenvalue weighted by molar-refractivity contribution is -0.179. The number of nitrogens with zero attached hydrogens (tertiary/aromatic N) is 2. The van der Waals surface area contributed by atoms with Crippen LogP contribution in [0.4, 0.5) is 0 Å². The summed E-state index contributed by atoms with van der Waals surface area (Å²) in [5.41, 5.74) is 1.24. The zero-order valence-electron chi connectivity index (χ0n) is 12.3. The first-order valence-corrected chi connectivity index (χ1v) is 7.77. The van der Waals surface area contributed by atoms with Crippen LogP contribution < -0.4 is 5.32 Å². The second-order valence-corrected chi connectivity index (χ2v) is 5.95. The number of ether oxygens (including phenoxy) is 2. The van der Waals surface area contributed by atoms with Gasteiger partial charge < -0.3 is 19.2 Å². The molecule has 2 aromatic heterocycles. The van der Waals surface area contributed by atoms with Gasteiger partial charge in [0.1, 0.15) is 11.3 Å². The Hall–Kier alpha value is -1.92. The molecule has 1 saturated heterocycles. The lowest BCUT2D eigenvalue weighted by atomic mass is 9.90. The van der Waals surface area contributed by atoms with Crippen molar-refractivity contribution in [2.24, 2.45) is 0 Å². The third kappa shape index (κ3) is 2.48. The van der Waals surface area contributed by atoms with Gasteiger partial charge in [-0.1, -0.05) is 6.07 Å². The summed E-state index contributed by atoms with van der Waals surface area (Å²) in [5, 5.41) is 3.08. The summed E-state index contributed by atoms with van der Waals surface area (Å²) in [4.78, 5) is 16.7. The van der Waals surface area contributed by atoms with Crippen LogP contribution in [0.5, 0.6) is 0 Å². The molecule has 6 heteroatoms. The number of rotatable bonds is 2. The molecule has 0 bridgehead atoms. The van der Waals surface area contributed by atoms with Gasteiger partial charge in [0.25, 0.3) is 5.91 Å². The Labute approximate surface area is 128 Å². The van der Waals surface area contributed by atoms with Gasteiger partial charge in [0.15, 0.2) is 5.79 Å². The number of aromatic nitrogens is 2. The number of carbonyl (C=O) groups is 1. The van der Waals surface area contributed by atoms with E-state index in [-0.39, 0.29) is 17.7 Å². The van der Waals surface area contributed by atoms with Gasteiger partial charge in [-0.3, -0.25) is 4.79 Å². The number of nitrogens with one attached hydrogen (secondary N) is 1. The second kappa shape index (κ2) is 5.37. The van der Waals surface area contributed by atoms with Crippen LogP contribution >= 0.6 is 0 Å². The zero-order chi connectivity index (χ0) is 15.0. The van der Waals surface area contributed by atoms with Crippen LogP contribution in [0.3, 0.4) is 0 Å². The summed E-state index contributed by atoms with van der Waals surface area (Å²) in [7, 11) is 0. The molecule has 1 spiro atoms. The van der Waals surface area contributed by atoms with Crippen molar-refractivity contribution in [1.82, 2.24) is 14.7 Å². The molecule has 0 aromatic carbocycles. The average Bonchev–Trinajstić information content (AvgIpc) is 3.17. The molecule has 2 aliphatic rings. The molecule has 1 amide bonds. The van der Waals surface area contributed by atoms with Crippen LogP contribution in [0.25, 0.3) is 5.65 Å². The third-order valence-electron chi connectivity index (χ3n) is 4.49.